The highest BCUT2D eigenvalue weighted by molar-refractivity contribution is 5.83. The fraction of sp³-hybridized carbons (Fsp3) is 0.769. The molecule has 0 aromatic rings. The number of nitrogens with one attached hydrogen (secondary N) is 1. The van der Waals surface area contributed by atoms with E-state index in [9.17, 15) is 14.4 Å². The second-order valence-corrected chi connectivity index (χ2v) is 4.85. The van der Waals surface area contributed by atoms with Crippen LogP contribution in [0.5, 0.6) is 0 Å². The molecule has 2 atom stereocenters. The van der Waals surface area contributed by atoms with Gasteiger partial charge in [-0.1, -0.05) is 6.92 Å². The second-order valence-electron chi connectivity index (χ2n) is 4.85. The van der Waals surface area contributed by atoms with E-state index in [1.807, 2.05) is 6.92 Å². The third-order valence-electron chi connectivity index (χ3n) is 3.57. The average molecular weight is 286 g/mol. The van der Waals surface area contributed by atoms with Crippen LogP contribution in [0.2, 0.25) is 0 Å². The van der Waals surface area contributed by atoms with Gasteiger partial charge in [0, 0.05) is 19.0 Å². The fourth-order valence-corrected chi connectivity index (χ4v) is 2.38. The van der Waals surface area contributed by atoms with E-state index < -0.39 is 18.0 Å². The molecular weight excluding hydrogens is 264 g/mol. The summed E-state index contributed by atoms with van der Waals surface area (Å²) in [5, 5.41) is 11.6. The van der Waals surface area contributed by atoms with Crippen molar-refractivity contribution in [3.05, 3.63) is 0 Å². The molecule has 0 aliphatic carbocycles. The number of nitrogens with zero attached hydrogens (tertiary/aromatic N) is 1. The lowest BCUT2D eigenvalue weighted by molar-refractivity contribution is -0.142. The van der Waals surface area contributed by atoms with Gasteiger partial charge < -0.3 is 20.1 Å². The van der Waals surface area contributed by atoms with E-state index in [1.165, 1.54) is 7.11 Å². The summed E-state index contributed by atoms with van der Waals surface area (Å²) in [6.07, 6.45) is 2.73. The molecule has 20 heavy (non-hydrogen) atoms. The first-order valence-electron chi connectivity index (χ1n) is 6.86. The zero-order valence-electron chi connectivity index (χ0n) is 11.9. The van der Waals surface area contributed by atoms with Crippen LogP contribution in [0.1, 0.15) is 39.0 Å². The van der Waals surface area contributed by atoms with Crippen LogP contribution in [-0.2, 0) is 14.3 Å². The number of urea groups is 1. The maximum Gasteiger partial charge on any atom is 0.326 e. The average Bonchev–Trinajstić information content (AvgIpc) is 2.90. The van der Waals surface area contributed by atoms with Gasteiger partial charge in [0.2, 0.25) is 0 Å². The highest BCUT2D eigenvalue weighted by Crippen LogP contribution is 2.19. The highest BCUT2D eigenvalue weighted by atomic mass is 16.5. The molecule has 1 aliphatic heterocycles. The molecule has 1 heterocycles. The number of aliphatic carboxylic acids is 1. The van der Waals surface area contributed by atoms with Crippen LogP contribution in [0, 0.1) is 0 Å². The van der Waals surface area contributed by atoms with Crippen molar-refractivity contribution in [1.29, 1.82) is 0 Å². The molecular formula is C13H22N2O5. The predicted octanol–water partition coefficient (Wildman–Crippen LogP) is 0.977. The van der Waals surface area contributed by atoms with E-state index in [4.69, 9.17) is 5.11 Å². The summed E-state index contributed by atoms with van der Waals surface area (Å²) in [5.41, 5.74) is 0. The number of rotatable bonds is 6. The third kappa shape index (κ3) is 4.40. The Morgan fingerprint density at radius 2 is 2.15 bits per heavy atom. The first kappa shape index (κ1) is 16.3. The maximum absolute atomic E-state index is 12.1. The Balaban J connectivity index is 2.54. The quantitative estimate of drug-likeness (QED) is 0.709. The Kier molecular flexibility index (Phi) is 6.27. The van der Waals surface area contributed by atoms with Crippen molar-refractivity contribution in [2.75, 3.05) is 13.7 Å². The molecule has 7 nitrogen and oxygen atoms in total. The fourth-order valence-electron chi connectivity index (χ4n) is 2.38. The molecule has 0 saturated carbocycles. The number of hydrogen-bond acceptors (Lipinski definition) is 4. The van der Waals surface area contributed by atoms with Gasteiger partial charge in [-0.05, 0) is 25.7 Å². The zero-order chi connectivity index (χ0) is 15.1. The third-order valence-corrected chi connectivity index (χ3v) is 3.57. The molecule has 0 aromatic heterocycles. The van der Waals surface area contributed by atoms with E-state index in [1.54, 1.807) is 4.90 Å². The molecule has 1 aliphatic rings. The lowest BCUT2D eigenvalue weighted by Crippen LogP contribution is -2.49. The molecule has 0 spiro atoms. The largest absolute Gasteiger partial charge is 0.480 e. The van der Waals surface area contributed by atoms with E-state index in [0.29, 0.717) is 6.54 Å². The van der Waals surface area contributed by atoms with Crippen molar-refractivity contribution in [2.45, 2.75) is 51.1 Å². The topological polar surface area (TPSA) is 95.9 Å². The Labute approximate surface area is 118 Å². The van der Waals surface area contributed by atoms with Crippen LogP contribution in [-0.4, -0.2) is 53.7 Å². The normalized spacial score (nSPS) is 19.5. The Bertz CT molecular complexity index is 372. The number of carboxylic acid groups (broad SMARTS) is 1. The summed E-state index contributed by atoms with van der Waals surface area (Å²) in [7, 11) is 1.24. The minimum Gasteiger partial charge on any atom is -0.480 e. The highest BCUT2D eigenvalue weighted by Gasteiger charge is 2.30. The van der Waals surface area contributed by atoms with Crippen molar-refractivity contribution in [1.82, 2.24) is 10.2 Å². The van der Waals surface area contributed by atoms with Gasteiger partial charge in [-0.15, -0.1) is 0 Å². The van der Waals surface area contributed by atoms with E-state index in [0.717, 1.165) is 19.3 Å². The predicted molar refractivity (Wildman–Crippen MR) is 71.2 cm³/mol. The summed E-state index contributed by atoms with van der Waals surface area (Å²) in [4.78, 5) is 35.9. The van der Waals surface area contributed by atoms with Crippen LogP contribution in [0.15, 0.2) is 0 Å². The van der Waals surface area contributed by atoms with Gasteiger partial charge in [0.1, 0.15) is 6.04 Å². The minimum absolute atomic E-state index is 0.0262. The molecule has 0 aromatic carbocycles. The first-order valence-corrected chi connectivity index (χ1v) is 6.86. The summed E-state index contributed by atoms with van der Waals surface area (Å²) in [6, 6.07) is -1.27. The number of carbonyl (C=O) groups excluding carboxylic acids is 2. The van der Waals surface area contributed by atoms with Crippen molar-refractivity contribution < 1.29 is 24.2 Å². The van der Waals surface area contributed by atoms with E-state index >= 15 is 0 Å². The molecule has 0 bridgehead atoms. The molecule has 1 rings (SSSR count). The molecule has 1 unspecified atom stereocenters. The van der Waals surface area contributed by atoms with E-state index in [2.05, 4.69) is 10.1 Å². The number of ether oxygens (including phenoxy) is 1. The van der Waals surface area contributed by atoms with Crippen LogP contribution < -0.4 is 5.32 Å². The van der Waals surface area contributed by atoms with Crippen LogP contribution in [0.3, 0.4) is 0 Å². The van der Waals surface area contributed by atoms with Crippen molar-refractivity contribution >= 4 is 18.0 Å². The summed E-state index contributed by atoms with van der Waals surface area (Å²) >= 11 is 0. The number of likely N-dealkylation sites (tertiary alicyclic amines) is 1. The lowest BCUT2D eigenvalue weighted by Gasteiger charge is -2.25. The van der Waals surface area contributed by atoms with Gasteiger partial charge in [0.15, 0.2) is 0 Å². The monoisotopic (exact) mass is 286 g/mol. The van der Waals surface area contributed by atoms with Crippen molar-refractivity contribution in [3.8, 4) is 0 Å². The number of esters is 1. The molecule has 114 valence electrons. The van der Waals surface area contributed by atoms with Gasteiger partial charge in [-0.2, -0.15) is 0 Å². The van der Waals surface area contributed by atoms with E-state index in [-0.39, 0.29) is 24.9 Å². The van der Waals surface area contributed by atoms with Gasteiger partial charge in [-0.3, -0.25) is 4.79 Å². The Morgan fingerprint density at radius 3 is 2.70 bits per heavy atom. The smallest absolute Gasteiger partial charge is 0.326 e. The number of amides is 2. The molecule has 7 heteroatoms. The number of carbonyl (C=O) groups is 3. The Hall–Kier alpha value is -1.79. The summed E-state index contributed by atoms with van der Waals surface area (Å²) < 4.78 is 4.46. The standard InChI is InChI=1S/C13H22N2O5/c1-3-9-5-4-8-15(9)13(19)14-10(12(17)18)6-7-11(16)20-2/h9-10H,3-8H2,1-2H3,(H,14,19)(H,17,18)/t9?,10-/m0/s1. The molecule has 2 N–H and O–H groups in total. The summed E-state index contributed by atoms with van der Waals surface area (Å²) in [5.74, 6) is -1.63. The van der Waals surface area contributed by atoms with Gasteiger partial charge in [-0.25, -0.2) is 9.59 Å². The van der Waals surface area contributed by atoms with Gasteiger partial charge in [0.05, 0.1) is 7.11 Å². The zero-order valence-corrected chi connectivity index (χ0v) is 11.9. The maximum atomic E-state index is 12.1. The van der Waals surface area contributed by atoms with Gasteiger partial charge in [0.25, 0.3) is 0 Å². The van der Waals surface area contributed by atoms with Gasteiger partial charge >= 0.3 is 18.0 Å². The molecule has 0 radical (unpaired) electrons. The second kappa shape index (κ2) is 7.72. The SMILES string of the molecule is CCC1CCCN1C(=O)N[C@@H](CCC(=O)OC)C(=O)O. The van der Waals surface area contributed by atoms with Crippen LogP contribution in [0.4, 0.5) is 4.79 Å². The lowest BCUT2D eigenvalue weighted by atomic mass is 10.1. The minimum atomic E-state index is -1.14. The summed E-state index contributed by atoms with van der Waals surface area (Å²) in [6.45, 7) is 2.65. The molecule has 1 fully saturated rings. The number of hydrogen-bond donors (Lipinski definition) is 2. The van der Waals surface area contributed by atoms with Crippen molar-refractivity contribution in [2.24, 2.45) is 0 Å². The number of carboxylic acids is 1. The Morgan fingerprint density at radius 1 is 1.45 bits per heavy atom. The molecule has 1 saturated heterocycles. The van der Waals surface area contributed by atoms with Crippen molar-refractivity contribution in [3.63, 3.8) is 0 Å². The molecule has 2 amide bonds. The first-order chi connectivity index (χ1) is 9.49. The van der Waals surface area contributed by atoms with Crippen LogP contribution >= 0.6 is 0 Å². The number of methoxy groups -OCH3 is 1. The van der Waals surface area contributed by atoms with Crippen LogP contribution in [0.25, 0.3) is 0 Å².